The SMILES string of the molecule is CCOC(=O)Cc1nc(-c2ccccc2Cl)no1. The summed E-state index contributed by atoms with van der Waals surface area (Å²) in [5.74, 6) is 0.176. The van der Waals surface area contributed by atoms with Crippen molar-refractivity contribution in [2.24, 2.45) is 0 Å². The van der Waals surface area contributed by atoms with Crippen LogP contribution >= 0.6 is 11.6 Å². The van der Waals surface area contributed by atoms with Gasteiger partial charge in [-0.05, 0) is 19.1 Å². The molecule has 1 aromatic carbocycles. The fourth-order valence-corrected chi connectivity index (χ4v) is 1.63. The van der Waals surface area contributed by atoms with Gasteiger partial charge in [-0.15, -0.1) is 0 Å². The summed E-state index contributed by atoms with van der Waals surface area (Å²) in [6, 6.07) is 7.15. The Morgan fingerprint density at radius 3 is 2.94 bits per heavy atom. The molecule has 0 bridgehead atoms. The summed E-state index contributed by atoms with van der Waals surface area (Å²) in [5.41, 5.74) is 0.665. The Morgan fingerprint density at radius 1 is 1.44 bits per heavy atom. The first-order valence-electron chi connectivity index (χ1n) is 5.43. The third-order valence-electron chi connectivity index (χ3n) is 2.18. The third kappa shape index (κ3) is 2.87. The normalized spacial score (nSPS) is 10.3. The molecule has 0 aliphatic carbocycles. The van der Waals surface area contributed by atoms with Crippen LogP contribution in [0.4, 0.5) is 0 Å². The molecular formula is C12H11ClN2O3. The highest BCUT2D eigenvalue weighted by Gasteiger charge is 2.14. The van der Waals surface area contributed by atoms with E-state index in [1.165, 1.54) is 0 Å². The average Bonchev–Trinajstić information content (AvgIpc) is 2.78. The number of carbonyl (C=O) groups is 1. The van der Waals surface area contributed by atoms with Gasteiger partial charge in [0, 0.05) is 5.56 Å². The highest BCUT2D eigenvalue weighted by atomic mass is 35.5. The molecule has 0 atom stereocenters. The molecule has 18 heavy (non-hydrogen) atoms. The van der Waals surface area contributed by atoms with E-state index in [4.69, 9.17) is 20.9 Å². The van der Waals surface area contributed by atoms with Crippen molar-refractivity contribution >= 4 is 17.6 Å². The van der Waals surface area contributed by atoms with Gasteiger partial charge in [0.15, 0.2) is 0 Å². The van der Waals surface area contributed by atoms with Crippen LogP contribution in [0.3, 0.4) is 0 Å². The van der Waals surface area contributed by atoms with E-state index in [1.807, 2.05) is 12.1 Å². The lowest BCUT2D eigenvalue weighted by Crippen LogP contribution is -2.07. The Bertz CT molecular complexity index is 554. The first-order valence-corrected chi connectivity index (χ1v) is 5.81. The number of benzene rings is 1. The molecule has 0 N–H and O–H groups in total. The average molecular weight is 267 g/mol. The molecule has 2 aromatic rings. The number of aromatic nitrogens is 2. The van der Waals surface area contributed by atoms with Crippen LogP contribution in [0, 0.1) is 0 Å². The standard InChI is InChI=1S/C12H11ClN2O3/c1-2-17-11(16)7-10-14-12(15-18-10)8-5-3-4-6-9(8)13/h3-6H,2,7H2,1H3. The first kappa shape index (κ1) is 12.6. The number of carbonyl (C=O) groups excluding carboxylic acids is 1. The van der Waals surface area contributed by atoms with Crippen LogP contribution < -0.4 is 0 Å². The Morgan fingerprint density at radius 2 is 2.22 bits per heavy atom. The molecule has 1 heterocycles. The molecule has 2 rings (SSSR count). The van der Waals surface area contributed by atoms with E-state index < -0.39 is 5.97 Å². The van der Waals surface area contributed by atoms with Crippen molar-refractivity contribution in [3.63, 3.8) is 0 Å². The molecule has 94 valence electrons. The topological polar surface area (TPSA) is 65.2 Å². The zero-order valence-electron chi connectivity index (χ0n) is 9.72. The largest absolute Gasteiger partial charge is 0.466 e. The molecule has 0 fully saturated rings. The quantitative estimate of drug-likeness (QED) is 0.796. The summed E-state index contributed by atoms with van der Waals surface area (Å²) in [7, 11) is 0. The summed E-state index contributed by atoms with van der Waals surface area (Å²) in [5, 5.41) is 4.31. The molecule has 1 aromatic heterocycles. The van der Waals surface area contributed by atoms with Gasteiger partial charge in [0.2, 0.25) is 11.7 Å². The number of esters is 1. The molecule has 0 amide bonds. The minimum atomic E-state index is -0.396. The van der Waals surface area contributed by atoms with E-state index in [2.05, 4.69) is 10.1 Å². The fourth-order valence-electron chi connectivity index (χ4n) is 1.41. The second-order valence-electron chi connectivity index (χ2n) is 3.47. The van der Waals surface area contributed by atoms with Crippen molar-refractivity contribution in [1.82, 2.24) is 10.1 Å². The lowest BCUT2D eigenvalue weighted by Gasteiger charge is -1.97. The summed E-state index contributed by atoms with van der Waals surface area (Å²) in [6.07, 6.45) is -0.0364. The minimum Gasteiger partial charge on any atom is -0.466 e. The van der Waals surface area contributed by atoms with Crippen LogP contribution in [0.1, 0.15) is 12.8 Å². The second-order valence-corrected chi connectivity index (χ2v) is 3.88. The van der Waals surface area contributed by atoms with Gasteiger partial charge in [-0.2, -0.15) is 4.98 Å². The maximum absolute atomic E-state index is 11.2. The van der Waals surface area contributed by atoms with Crippen molar-refractivity contribution in [3.05, 3.63) is 35.2 Å². The van der Waals surface area contributed by atoms with Crippen LogP contribution in [-0.4, -0.2) is 22.7 Å². The highest BCUT2D eigenvalue weighted by Crippen LogP contribution is 2.24. The van der Waals surface area contributed by atoms with Crippen LogP contribution in [0.5, 0.6) is 0 Å². The molecule has 0 spiro atoms. The molecule has 0 aliphatic heterocycles. The van der Waals surface area contributed by atoms with Gasteiger partial charge in [-0.25, -0.2) is 0 Å². The predicted octanol–water partition coefficient (Wildman–Crippen LogP) is 2.50. The van der Waals surface area contributed by atoms with Crippen LogP contribution in [0.15, 0.2) is 28.8 Å². The van der Waals surface area contributed by atoms with Crippen molar-refractivity contribution in [3.8, 4) is 11.4 Å². The van der Waals surface area contributed by atoms with Gasteiger partial charge in [-0.3, -0.25) is 4.79 Å². The highest BCUT2D eigenvalue weighted by molar-refractivity contribution is 6.33. The zero-order valence-corrected chi connectivity index (χ0v) is 10.5. The Hall–Kier alpha value is -1.88. The van der Waals surface area contributed by atoms with Crippen LogP contribution in [-0.2, 0) is 16.0 Å². The fraction of sp³-hybridized carbons (Fsp3) is 0.250. The van der Waals surface area contributed by atoms with Crippen molar-refractivity contribution in [2.45, 2.75) is 13.3 Å². The van der Waals surface area contributed by atoms with Crippen molar-refractivity contribution < 1.29 is 14.1 Å². The smallest absolute Gasteiger partial charge is 0.315 e. The molecule has 0 saturated heterocycles. The van der Waals surface area contributed by atoms with Crippen LogP contribution in [0.2, 0.25) is 5.02 Å². The van der Waals surface area contributed by atoms with Gasteiger partial charge in [0.25, 0.3) is 0 Å². The summed E-state index contributed by atoms with van der Waals surface area (Å²) in [6.45, 7) is 2.06. The molecule has 0 saturated carbocycles. The van der Waals surface area contributed by atoms with Crippen molar-refractivity contribution in [2.75, 3.05) is 6.61 Å². The molecule has 0 aliphatic rings. The predicted molar refractivity (Wildman–Crippen MR) is 65.1 cm³/mol. The lowest BCUT2D eigenvalue weighted by atomic mass is 10.2. The van der Waals surface area contributed by atoms with E-state index in [0.717, 1.165) is 0 Å². The number of hydrogen-bond acceptors (Lipinski definition) is 5. The monoisotopic (exact) mass is 266 g/mol. The first-order chi connectivity index (χ1) is 8.70. The number of ether oxygens (including phenoxy) is 1. The lowest BCUT2D eigenvalue weighted by molar-refractivity contribution is -0.142. The number of rotatable bonds is 4. The maximum Gasteiger partial charge on any atom is 0.315 e. The summed E-state index contributed by atoms with van der Waals surface area (Å²) in [4.78, 5) is 15.3. The minimum absolute atomic E-state index is 0.0364. The van der Waals surface area contributed by atoms with E-state index in [0.29, 0.717) is 23.0 Å². The van der Waals surface area contributed by atoms with E-state index in [9.17, 15) is 4.79 Å². The van der Waals surface area contributed by atoms with Crippen LogP contribution in [0.25, 0.3) is 11.4 Å². The van der Waals surface area contributed by atoms with Crippen molar-refractivity contribution in [1.29, 1.82) is 0 Å². The van der Waals surface area contributed by atoms with E-state index in [1.54, 1.807) is 19.1 Å². The maximum atomic E-state index is 11.2. The zero-order chi connectivity index (χ0) is 13.0. The number of nitrogens with zero attached hydrogens (tertiary/aromatic N) is 2. The van der Waals surface area contributed by atoms with Gasteiger partial charge >= 0.3 is 5.97 Å². The third-order valence-corrected chi connectivity index (χ3v) is 2.51. The molecule has 0 unspecified atom stereocenters. The Kier molecular flexibility index (Phi) is 3.94. The molecule has 5 nitrogen and oxygen atoms in total. The number of hydrogen-bond donors (Lipinski definition) is 0. The second kappa shape index (κ2) is 5.64. The molecular weight excluding hydrogens is 256 g/mol. The van der Waals surface area contributed by atoms with Gasteiger partial charge < -0.3 is 9.26 Å². The van der Waals surface area contributed by atoms with Gasteiger partial charge in [0.1, 0.15) is 6.42 Å². The molecule has 0 radical (unpaired) electrons. The van der Waals surface area contributed by atoms with Gasteiger partial charge in [0.05, 0.1) is 11.6 Å². The number of halogens is 1. The summed E-state index contributed by atoms with van der Waals surface area (Å²) < 4.78 is 9.76. The Balaban J connectivity index is 2.16. The van der Waals surface area contributed by atoms with Gasteiger partial charge in [-0.1, -0.05) is 28.9 Å². The molecule has 6 heteroatoms. The van der Waals surface area contributed by atoms with E-state index in [-0.39, 0.29) is 12.3 Å². The Labute approximate surface area is 109 Å². The summed E-state index contributed by atoms with van der Waals surface area (Å²) >= 11 is 6.01. The van der Waals surface area contributed by atoms with E-state index >= 15 is 0 Å².